The van der Waals surface area contributed by atoms with Crippen molar-refractivity contribution in [1.82, 2.24) is 4.90 Å². The first kappa shape index (κ1) is 7.42. The van der Waals surface area contributed by atoms with Crippen LogP contribution in [0, 0.1) is 0 Å². The van der Waals surface area contributed by atoms with Crippen molar-refractivity contribution in [1.29, 1.82) is 0 Å². The van der Waals surface area contributed by atoms with Crippen molar-refractivity contribution in [2.75, 3.05) is 25.1 Å². The van der Waals surface area contributed by atoms with Crippen molar-refractivity contribution in [3.05, 3.63) is 0 Å². The lowest BCUT2D eigenvalue weighted by molar-refractivity contribution is 0.273. The Balaban J connectivity index is 2.32. The number of hydrogen-bond donors (Lipinski definition) is 0. The fourth-order valence-electron chi connectivity index (χ4n) is 1.01. The van der Waals surface area contributed by atoms with E-state index in [1.165, 1.54) is 24.5 Å². The normalized spacial score (nSPS) is 32.0. The lowest BCUT2D eigenvalue weighted by atomic mass is 10.2. The van der Waals surface area contributed by atoms with Crippen LogP contribution < -0.4 is 0 Å². The van der Waals surface area contributed by atoms with Crippen molar-refractivity contribution in [2.24, 2.45) is 0 Å². The topological polar surface area (TPSA) is 3.24 Å². The molecule has 54 valence electrons. The Hall–Kier alpha value is 0.310. The predicted octanol–water partition coefficient (Wildman–Crippen LogP) is 1.44. The van der Waals surface area contributed by atoms with Gasteiger partial charge in [-0.05, 0) is 26.1 Å². The Morgan fingerprint density at radius 1 is 1.44 bits per heavy atom. The molecule has 1 atom stereocenters. The second kappa shape index (κ2) is 3.47. The highest BCUT2D eigenvalue weighted by molar-refractivity contribution is 7.99. The molecule has 1 unspecified atom stereocenters. The Kier molecular flexibility index (Phi) is 2.86. The van der Waals surface area contributed by atoms with Gasteiger partial charge in [0.15, 0.2) is 0 Å². The van der Waals surface area contributed by atoms with Crippen LogP contribution in [-0.2, 0) is 0 Å². The molecule has 0 bridgehead atoms. The van der Waals surface area contributed by atoms with Gasteiger partial charge in [-0.1, -0.05) is 0 Å². The zero-order valence-corrected chi connectivity index (χ0v) is 7.08. The van der Waals surface area contributed by atoms with Gasteiger partial charge in [0, 0.05) is 18.3 Å². The van der Waals surface area contributed by atoms with Gasteiger partial charge in [0.2, 0.25) is 0 Å². The molecular formula is C7H15NS. The average Bonchev–Trinajstić information content (AvgIpc) is 1.99. The van der Waals surface area contributed by atoms with Crippen LogP contribution in [0.1, 0.15) is 13.3 Å². The second-order valence-corrected chi connectivity index (χ2v) is 3.96. The quantitative estimate of drug-likeness (QED) is 0.507. The van der Waals surface area contributed by atoms with Gasteiger partial charge in [-0.2, -0.15) is 11.8 Å². The predicted molar refractivity (Wildman–Crippen MR) is 44.0 cm³/mol. The summed E-state index contributed by atoms with van der Waals surface area (Å²) >= 11 is 2.08. The highest BCUT2D eigenvalue weighted by Gasteiger charge is 2.11. The van der Waals surface area contributed by atoms with Crippen molar-refractivity contribution in [3.63, 3.8) is 0 Å². The van der Waals surface area contributed by atoms with Crippen LogP contribution >= 0.6 is 11.8 Å². The Bertz CT molecular complexity index is 75.0. The molecule has 0 aromatic rings. The molecule has 1 rings (SSSR count). The molecule has 0 amide bonds. The average molecular weight is 145 g/mol. The molecule has 0 aliphatic carbocycles. The maximum Gasteiger partial charge on any atom is 0.00721 e. The van der Waals surface area contributed by atoms with Gasteiger partial charge in [-0.25, -0.2) is 0 Å². The third kappa shape index (κ3) is 2.18. The summed E-state index contributed by atoms with van der Waals surface area (Å²) in [7, 11) is 2.22. The number of rotatable bonds is 0. The molecule has 2 heteroatoms. The van der Waals surface area contributed by atoms with Crippen molar-refractivity contribution >= 4 is 11.8 Å². The summed E-state index contributed by atoms with van der Waals surface area (Å²) < 4.78 is 0. The van der Waals surface area contributed by atoms with E-state index >= 15 is 0 Å². The van der Waals surface area contributed by atoms with Gasteiger partial charge in [-0.15, -0.1) is 0 Å². The molecule has 0 aromatic heterocycles. The van der Waals surface area contributed by atoms with E-state index in [9.17, 15) is 0 Å². The van der Waals surface area contributed by atoms with Gasteiger partial charge in [-0.3, -0.25) is 0 Å². The van der Waals surface area contributed by atoms with Gasteiger partial charge in [0.1, 0.15) is 0 Å². The van der Waals surface area contributed by atoms with E-state index in [4.69, 9.17) is 0 Å². The number of hydrogen-bond acceptors (Lipinski definition) is 2. The Morgan fingerprint density at radius 2 is 2.22 bits per heavy atom. The smallest absolute Gasteiger partial charge is 0.00721 e. The van der Waals surface area contributed by atoms with Gasteiger partial charge in [0.25, 0.3) is 0 Å². The van der Waals surface area contributed by atoms with E-state index in [1.54, 1.807) is 0 Å². The molecule has 1 aliphatic rings. The van der Waals surface area contributed by atoms with Crippen LogP contribution in [0.15, 0.2) is 0 Å². The molecule has 0 spiro atoms. The Labute approximate surface area is 61.8 Å². The first-order chi connectivity index (χ1) is 4.30. The van der Waals surface area contributed by atoms with Crippen LogP contribution in [0.4, 0.5) is 0 Å². The summed E-state index contributed by atoms with van der Waals surface area (Å²) in [6, 6.07) is 0.806. The molecular weight excluding hydrogens is 130 g/mol. The molecule has 1 saturated heterocycles. The van der Waals surface area contributed by atoms with E-state index in [2.05, 4.69) is 30.6 Å². The van der Waals surface area contributed by atoms with Gasteiger partial charge < -0.3 is 4.90 Å². The molecule has 0 radical (unpaired) electrons. The third-order valence-corrected chi connectivity index (χ3v) is 3.02. The fraction of sp³-hybridized carbons (Fsp3) is 1.00. The second-order valence-electron chi connectivity index (χ2n) is 2.73. The van der Waals surface area contributed by atoms with E-state index in [0.717, 1.165) is 6.04 Å². The fourth-order valence-corrected chi connectivity index (χ4v) is 2.13. The maximum atomic E-state index is 2.44. The Morgan fingerprint density at radius 3 is 3.00 bits per heavy atom. The minimum absolute atomic E-state index is 0.806. The zero-order valence-electron chi connectivity index (χ0n) is 6.26. The molecule has 1 aliphatic heterocycles. The maximum absolute atomic E-state index is 2.44. The summed E-state index contributed by atoms with van der Waals surface area (Å²) in [4.78, 5) is 2.44. The molecule has 0 aromatic carbocycles. The summed E-state index contributed by atoms with van der Waals surface area (Å²) in [6.45, 7) is 3.58. The van der Waals surface area contributed by atoms with Crippen molar-refractivity contribution < 1.29 is 0 Å². The standard InChI is InChI=1S/C7H15NS/c1-7-3-5-9-6-4-8(7)2/h7H,3-6H2,1-2H3. The largest absolute Gasteiger partial charge is 0.303 e. The minimum atomic E-state index is 0.806. The highest BCUT2D eigenvalue weighted by Crippen LogP contribution is 2.13. The van der Waals surface area contributed by atoms with E-state index in [0.29, 0.717) is 0 Å². The van der Waals surface area contributed by atoms with E-state index < -0.39 is 0 Å². The van der Waals surface area contributed by atoms with E-state index in [1.807, 2.05) is 0 Å². The first-order valence-corrected chi connectivity index (χ1v) is 4.74. The number of thioether (sulfide) groups is 1. The summed E-state index contributed by atoms with van der Waals surface area (Å²) in [5.74, 6) is 2.67. The summed E-state index contributed by atoms with van der Waals surface area (Å²) in [6.07, 6.45) is 1.36. The minimum Gasteiger partial charge on any atom is -0.303 e. The van der Waals surface area contributed by atoms with Crippen molar-refractivity contribution in [2.45, 2.75) is 19.4 Å². The van der Waals surface area contributed by atoms with Crippen LogP contribution in [0.25, 0.3) is 0 Å². The van der Waals surface area contributed by atoms with Crippen LogP contribution in [0.3, 0.4) is 0 Å². The SMILES string of the molecule is CC1CCSCCN1C. The third-order valence-electron chi connectivity index (χ3n) is 2.02. The number of nitrogens with zero attached hydrogens (tertiary/aromatic N) is 1. The van der Waals surface area contributed by atoms with Crippen LogP contribution in [0.2, 0.25) is 0 Å². The monoisotopic (exact) mass is 145 g/mol. The summed E-state index contributed by atoms with van der Waals surface area (Å²) in [5, 5.41) is 0. The van der Waals surface area contributed by atoms with Crippen molar-refractivity contribution in [3.8, 4) is 0 Å². The van der Waals surface area contributed by atoms with Gasteiger partial charge >= 0.3 is 0 Å². The van der Waals surface area contributed by atoms with E-state index in [-0.39, 0.29) is 0 Å². The molecule has 1 nitrogen and oxygen atoms in total. The van der Waals surface area contributed by atoms with Crippen LogP contribution in [0.5, 0.6) is 0 Å². The lowest BCUT2D eigenvalue weighted by Gasteiger charge is -2.20. The first-order valence-electron chi connectivity index (χ1n) is 3.58. The van der Waals surface area contributed by atoms with Crippen LogP contribution in [-0.4, -0.2) is 36.0 Å². The van der Waals surface area contributed by atoms with Gasteiger partial charge in [0.05, 0.1) is 0 Å². The molecule has 1 fully saturated rings. The molecule has 9 heavy (non-hydrogen) atoms. The molecule has 1 heterocycles. The molecule has 0 saturated carbocycles. The zero-order chi connectivity index (χ0) is 6.69. The molecule has 0 N–H and O–H groups in total. The summed E-state index contributed by atoms with van der Waals surface area (Å²) in [5.41, 5.74) is 0. The lowest BCUT2D eigenvalue weighted by Crippen LogP contribution is -2.29. The highest BCUT2D eigenvalue weighted by atomic mass is 32.2.